The zero-order valence-electron chi connectivity index (χ0n) is 10.3. The van der Waals surface area contributed by atoms with Crippen molar-refractivity contribution in [1.29, 1.82) is 0 Å². The molecule has 0 aromatic carbocycles. The van der Waals surface area contributed by atoms with E-state index in [1.807, 2.05) is 12.3 Å². The first kappa shape index (κ1) is 11.7. The fourth-order valence-electron chi connectivity index (χ4n) is 2.39. The van der Waals surface area contributed by atoms with Crippen LogP contribution in [0.25, 0.3) is 0 Å². The molecule has 0 bridgehead atoms. The summed E-state index contributed by atoms with van der Waals surface area (Å²) < 4.78 is 5.11. The number of hydrogen-bond acceptors (Lipinski definition) is 3. The molecule has 0 saturated carbocycles. The molecule has 3 nitrogen and oxygen atoms in total. The maximum atomic E-state index is 5.11. The quantitative estimate of drug-likeness (QED) is 0.848. The summed E-state index contributed by atoms with van der Waals surface area (Å²) in [7, 11) is 0. The lowest BCUT2D eigenvalue weighted by molar-refractivity contribution is 0.200. The molecule has 1 aliphatic heterocycles. The summed E-state index contributed by atoms with van der Waals surface area (Å²) >= 11 is 0. The smallest absolute Gasteiger partial charge is 0.0950 e. The van der Waals surface area contributed by atoms with Crippen molar-refractivity contribution in [2.24, 2.45) is 0 Å². The lowest BCUT2D eigenvalue weighted by Crippen LogP contribution is -2.43. The maximum Gasteiger partial charge on any atom is 0.0950 e. The van der Waals surface area contributed by atoms with Crippen molar-refractivity contribution in [2.45, 2.75) is 38.8 Å². The molecular weight excluding hydrogens is 200 g/mol. The standard InChI is InChI=1S/C13H22N2O/c1-3-15-7-4-13(5-8-15)14-11(2)12-6-9-16-10-12/h6,9-11,13-14H,3-5,7-8H2,1-2H3. The van der Waals surface area contributed by atoms with Gasteiger partial charge < -0.3 is 14.6 Å². The average molecular weight is 222 g/mol. The molecule has 0 spiro atoms. The molecule has 1 aromatic rings. The number of rotatable bonds is 4. The summed E-state index contributed by atoms with van der Waals surface area (Å²) in [6.45, 7) is 8.08. The van der Waals surface area contributed by atoms with E-state index in [0.29, 0.717) is 12.1 Å². The molecule has 16 heavy (non-hydrogen) atoms. The first-order valence-corrected chi connectivity index (χ1v) is 6.30. The summed E-state index contributed by atoms with van der Waals surface area (Å²) in [5.41, 5.74) is 1.25. The summed E-state index contributed by atoms with van der Waals surface area (Å²) in [5.74, 6) is 0. The number of piperidine rings is 1. The van der Waals surface area contributed by atoms with Crippen LogP contribution in [0.5, 0.6) is 0 Å². The van der Waals surface area contributed by atoms with Crippen LogP contribution in [0.4, 0.5) is 0 Å². The van der Waals surface area contributed by atoms with E-state index in [9.17, 15) is 0 Å². The largest absolute Gasteiger partial charge is 0.472 e. The van der Waals surface area contributed by atoms with Gasteiger partial charge in [-0.25, -0.2) is 0 Å². The van der Waals surface area contributed by atoms with Crippen molar-refractivity contribution in [3.05, 3.63) is 24.2 Å². The molecule has 1 atom stereocenters. The number of nitrogens with one attached hydrogen (secondary N) is 1. The summed E-state index contributed by atoms with van der Waals surface area (Å²) in [6, 6.07) is 3.10. The van der Waals surface area contributed by atoms with Crippen molar-refractivity contribution in [3.8, 4) is 0 Å². The minimum Gasteiger partial charge on any atom is -0.472 e. The van der Waals surface area contributed by atoms with Gasteiger partial charge in [0, 0.05) is 17.6 Å². The Bertz CT molecular complexity index is 289. The second-order valence-electron chi connectivity index (χ2n) is 4.65. The van der Waals surface area contributed by atoms with E-state index in [0.717, 1.165) is 0 Å². The molecule has 2 heterocycles. The Hall–Kier alpha value is -0.800. The van der Waals surface area contributed by atoms with Gasteiger partial charge in [-0.15, -0.1) is 0 Å². The molecule has 1 N–H and O–H groups in total. The summed E-state index contributed by atoms with van der Waals surface area (Å²) in [4.78, 5) is 2.51. The summed E-state index contributed by atoms with van der Waals surface area (Å²) in [5, 5.41) is 3.68. The molecule has 0 amide bonds. The van der Waals surface area contributed by atoms with Gasteiger partial charge >= 0.3 is 0 Å². The number of hydrogen-bond donors (Lipinski definition) is 1. The van der Waals surface area contributed by atoms with Gasteiger partial charge in [0.25, 0.3) is 0 Å². The first-order chi connectivity index (χ1) is 7.79. The lowest BCUT2D eigenvalue weighted by Gasteiger charge is -2.33. The monoisotopic (exact) mass is 222 g/mol. The average Bonchev–Trinajstić information content (AvgIpc) is 2.83. The highest BCUT2D eigenvalue weighted by molar-refractivity contribution is 5.10. The van der Waals surface area contributed by atoms with Gasteiger partial charge in [0.05, 0.1) is 12.5 Å². The second kappa shape index (κ2) is 5.51. The van der Waals surface area contributed by atoms with E-state index >= 15 is 0 Å². The third-order valence-corrected chi connectivity index (χ3v) is 3.56. The molecule has 2 rings (SSSR count). The lowest BCUT2D eigenvalue weighted by atomic mass is 10.0. The Balaban J connectivity index is 1.78. The zero-order chi connectivity index (χ0) is 11.4. The fraction of sp³-hybridized carbons (Fsp3) is 0.692. The van der Waals surface area contributed by atoms with Crippen molar-refractivity contribution in [1.82, 2.24) is 10.2 Å². The van der Waals surface area contributed by atoms with Gasteiger partial charge in [-0.2, -0.15) is 0 Å². The predicted molar refractivity (Wildman–Crippen MR) is 65.4 cm³/mol. The third-order valence-electron chi connectivity index (χ3n) is 3.56. The van der Waals surface area contributed by atoms with E-state index in [4.69, 9.17) is 4.42 Å². The fourth-order valence-corrected chi connectivity index (χ4v) is 2.39. The van der Waals surface area contributed by atoms with Gasteiger partial charge in [-0.05, 0) is 45.5 Å². The van der Waals surface area contributed by atoms with Gasteiger partial charge in [-0.1, -0.05) is 6.92 Å². The first-order valence-electron chi connectivity index (χ1n) is 6.30. The Morgan fingerprint density at radius 1 is 1.50 bits per heavy atom. The molecular formula is C13H22N2O. The van der Waals surface area contributed by atoms with Crippen molar-refractivity contribution < 1.29 is 4.42 Å². The van der Waals surface area contributed by atoms with Crippen LogP contribution in [0.15, 0.2) is 23.0 Å². The van der Waals surface area contributed by atoms with Crippen LogP contribution in [-0.2, 0) is 0 Å². The number of furan rings is 1. The van der Waals surface area contributed by atoms with Crippen molar-refractivity contribution in [2.75, 3.05) is 19.6 Å². The SMILES string of the molecule is CCN1CCC(NC(C)c2ccoc2)CC1. The van der Waals surface area contributed by atoms with E-state index in [1.165, 1.54) is 38.0 Å². The normalized spacial score (nSPS) is 21.1. The highest BCUT2D eigenvalue weighted by Crippen LogP contribution is 2.17. The molecule has 3 heteroatoms. The van der Waals surface area contributed by atoms with Crippen LogP contribution in [0.2, 0.25) is 0 Å². The molecule has 1 fully saturated rings. The molecule has 1 unspecified atom stereocenters. The van der Waals surface area contributed by atoms with E-state index in [1.54, 1.807) is 6.26 Å². The molecule has 1 saturated heterocycles. The molecule has 90 valence electrons. The van der Waals surface area contributed by atoms with Crippen molar-refractivity contribution >= 4 is 0 Å². The van der Waals surface area contributed by atoms with Crippen LogP contribution in [0.3, 0.4) is 0 Å². The number of likely N-dealkylation sites (tertiary alicyclic amines) is 1. The Labute approximate surface area is 97.8 Å². The van der Waals surface area contributed by atoms with E-state index in [-0.39, 0.29) is 0 Å². The predicted octanol–water partition coefficient (Wildman–Crippen LogP) is 2.41. The minimum absolute atomic E-state index is 0.400. The topological polar surface area (TPSA) is 28.4 Å². The number of nitrogens with zero attached hydrogens (tertiary/aromatic N) is 1. The molecule has 0 radical (unpaired) electrons. The van der Waals surface area contributed by atoms with Crippen LogP contribution < -0.4 is 5.32 Å². The van der Waals surface area contributed by atoms with Crippen LogP contribution >= 0.6 is 0 Å². The zero-order valence-corrected chi connectivity index (χ0v) is 10.3. The van der Waals surface area contributed by atoms with Gasteiger partial charge in [0.2, 0.25) is 0 Å². The highest BCUT2D eigenvalue weighted by atomic mass is 16.3. The third kappa shape index (κ3) is 2.86. The van der Waals surface area contributed by atoms with Crippen molar-refractivity contribution in [3.63, 3.8) is 0 Å². The molecule has 0 aliphatic carbocycles. The van der Waals surface area contributed by atoms with E-state index < -0.39 is 0 Å². The Morgan fingerprint density at radius 3 is 2.81 bits per heavy atom. The van der Waals surface area contributed by atoms with Crippen LogP contribution in [0, 0.1) is 0 Å². The van der Waals surface area contributed by atoms with Gasteiger partial charge in [0.1, 0.15) is 0 Å². The molecule has 1 aromatic heterocycles. The van der Waals surface area contributed by atoms with Gasteiger partial charge in [-0.3, -0.25) is 0 Å². The highest BCUT2D eigenvalue weighted by Gasteiger charge is 2.19. The Kier molecular flexibility index (Phi) is 4.02. The van der Waals surface area contributed by atoms with E-state index in [2.05, 4.69) is 24.1 Å². The summed E-state index contributed by atoms with van der Waals surface area (Å²) in [6.07, 6.45) is 6.10. The minimum atomic E-state index is 0.400. The Morgan fingerprint density at radius 2 is 2.25 bits per heavy atom. The molecule has 1 aliphatic rings. The van der Waals surface area contributed by atoms with Crippen LogP contribution in [-0.4, -0.2) is 30.6 Å². The van der Waals surface area contributed by atoms with Gasteiger partial charge in [0.15, 0.2) is 0 Å². The van der Waals surface area contributed by atoms with Crippen LogP contribution in [0.1, 0.15) is 38.3 Å². The second-order valence-corrected chi connectivity index (χ2v) is 4.65. The maximum absolute atomic E-state index is 5.11.